The third kappa shape index (κ3) is 4.32. The highest BCUT2D eigenvalue weighted by Gasteiger charge is 2.49. The quantitative estimate of drug-likeness (QED) is 0.732. The van der Waals surface area contributed by atoms with Crippen molar-refractivity contribution < 1.29 is 14.3 Å². The van der Waals surface area contributed by atoms with Crippen LogP contribution in [0.2, 0.25) is 0 Å². The van der Waals surface area contributed by atoms with E-state index in [0.717, 1.165) is 64.4 Å². The summed E-state index contributed by atoms with van der Waals surface area (Å²) in [5, 5.41) is 0. The molecule has 3 atom stereocenters. The summed E-state index contributed by atoms with van der Waals surface area (Å²) in [6, 6.07) is 0. The Morgan fingerprint density at radius 2 is 1.89 bits per heavy atom. The highest BCUT2D eigenvalue weighted by atomic mass is 16.5. The van der Waals surface area contributed by atoms with Crippen molar-refractivity contribution in [3.63, 3.8) is 0 Å². The van der Waals surface area contributed by atoms with Crippen molar-refractivity contribution in [1.29, 1.82) is 0 Å². The molecule has 0 aromatic carbocycles. The summed E-state index contributed by atoms with van der Waals surface area (Å²) in [6.45, 7) is 10.0. The van der Waals surface area contributed by atoms with E-state index in [-0.39, 0.29) is 23.5 Å². The Kier molecular flexibility index (Phi) is 5.48. The predicted octanol–water partition coefficient (Wildman–Crippen LogP) is 1.74. The van der Waals surface area contributed by atoms with Gasteiger partial charge in [0.1, 0.15) is 0 Å². The van der Waals surface area contributed by atoms with Crippen molar-refractivity contribution in [3.8, 4) is 0 Å². The van der Waals surface area contributed by atoms with Crippen LogP contribution in [-0.4, -0.2) is 84.5 Å². The molecule has 0 aromatic heterocycles. The number of rotatable bonds is 5. The number of carbonyl (C=O) groups is 2. The molecular formula is C21H35N3O3. The van der Waals surface area contributed by atoms with Crippen LogP contribution in [0, 0.1) is 11.3 Å². The molecule has 3 aliphatic heterocycles. The second-order valence-electron chi connectivity index (χ2n) is 9.41. The molecule has 4 fully saturated rings. The molecule has 27 heavy (non-hydrogen) atoms. The first-order valence-corrected chi connectivity index (χ1v) is 10.9. The highest BCUT2D eigenvalue weighted by molar-refractivity contribution is 5.86. The first kappa shape index (κ1) is 19.2. The molecule has 1 unspecified atom stereocenters. The topological polar surface area (TPSA) is 53.1 Å². The first-order chi connectivity index (χ1) is 12.9. The van der Waals surface area contributed by atoms with Crippen LogP contribution in [0.4, 0.5) is 0 Å². The molecule has 6 nitrogen and oxygen atoms in total. The van der Waals surface area contributed by atoms with Crippen LogP contribution in [0.1, 0.15) is 52.4 Å². The second kappa shape index (κ2) is 7.70. The average molecular weight is 378 g/mol. The van der Waals surface area contributed by atoms with E-state index in [1.165, 1.54) is 12.8 Å². The van der Waals surface area contributed by atoms with Gasteiger partial charge in [0.25, 0.3) is 0 Å². The van der Waals surface area contributed by atoms with E-state index in [1.54, 1.807) is 0 Å². The fourth-order valence-electron chi connectivity index (χ4n) is 5.28. The summed E-state index contributed by atoms with van der Waals surface area (Å²) in [4.78, 5) is 32.3. The zero-order valence-corrected chi connectivity index (χ0v) is 17.0. The molecule has 0 N–H and O–H groups in total. The summed E-state index contributed by atoms with van der Waals surface area (Å²) in [6.07, 6.45) is 6.46. The van der Waals surface area contributed by atoms with E-state index in [4.69, 9.17) is 4.74 Å². The van der Waals surface area contributed by atoms with Gasteiger partial charge in [0, 0.05) is 52.2 Å². The van der Waals surface area contributed by atoms with Crippen molar-refractivity contribution in [2.24, 2.45) is 11.3 Å². The Hall–Kier alpha value is -1.14. The number of piperidine rings is 1. The van der Waals surface area contributed by atoms with E-state index in [2.05, 4.69) is 23.6 Å². The van der Waals surface area contributed by atoms with Gasteiger partial charge in [-0.3, -0.25) is 14.5 Å². The van der Waals surface area contributed by atoms with Crippen LogP contribution in [0.3, 0.4) is 0 Å². The molecule has 3 saturated heterocycles. The minimum absolute atomic E-state index is 0.214. The molecule has 3 heterocycles. The van der Waals surface area contributed by atoms with E-state index in [9.17, 15) is 9.59 Å². The van der Waals surface area contributed by atoms with E-state index in [0.29, 0.717) is 18.9 Å². The Morgan fingerprint density at radius 1 is 1.15 bits per heavy atom. The smallest absolute Gasteiger partial charge is 0.230 e. The zero-order valence-electron chi connectivity index (χ0n) is 17.0. The van der Waals surface area contributed by atoms with Gasteiger partial charge in [-0.1, -0.05) is 0 Å². The lowest BCUT2D eigenvalue weighted by Gasteiger charge is -2.39. The van der Waals surface area contributed by atoms with Gasteiger partial charge in [-0.15, -0.1) is 0 Å². The maximum absolute atomic E-state index is 13.1. The number of morpholine rings is 1. The SMILES string of the molecule is C[C@@H]1CN(CCC(=O)N2CCC3(CCCN(CC4CC4)C3=O)C2)C[C@H](C)O1. The summed E-state index contributed by atoms with van der Waals surface area (Å²) in [5.41, 5.74) is -0.287. The van der Waals surface area contributed by atoms with Crippen molar-refractivity contribution >= 4 is 11.8 Å². The third-order valence-corrected chi connectivity index (χ3v) is 6.84. The number of hydrogen-bond acceptors (Lipinski definition) is 4. The minimum Gasteiger partial charge on any atom is -0.373 e. The van der Waals surface area contributed by atoms with Crippen molar-refractivity contribution in [2.45, 2.75) is 64.6 Å². The summed E-state index contributed by atoms with van der Waals surface area (Å²) >= 11 is 0. The maximum atomic E-state index is 13.1. The van der Waals surface area contributed by atoms with Gasteiger partial charge < -0.3 is 14.5 Å². The van der Waals surface area contributed by atoms with E-state index in [1.807, 2.05) is 4.90 Å². The molecular weight excluding hydrogens is 342 g/mol. The zero-order chi connectivity index (χ0) is 19.0. The Labute approximate surface area is 163 Å². The van der Waals surface area contributed by atoms with Crippen molar-refractivity contribution in [1.82, 2.24) is 14.7 Å². The minimum atomic E-state index is -0.287. The van der Waals surface area contributed by atoms with Gasteiger partial charge >= 0.3 is 0 Å². The van der Waals surface area contributed by atoms with Crippen LogP contribution in [0.15, 0.2) is 0 Å². The van der Waals surface area contributed by atoms with Gasteiger partial charge in [-0.2, -0.15) is 0 Å². The van der Waals surface area contributed by atoms with Gasteiger partial charge in [-0.05, 0) is 51.9 Å². The van der Waals surface area contributed by atoms with Crippen LogP contribution >= 0.6 is 0 Å². The van der Waals surface area contributed by atoms with Gasteiger partial charge in [0.05, 0.1) is 17.6 Å². The third-order valence-electron chi connectivity index (χ3n) is 6.84. The first-order valence-electron chi connectivity index (χ1n) is 10.9. The Morgan fingerprint density at radius 3 is 2.59 bits per heavy atom. The molecule has 4 aliphatic rings. The largest absolute Gasteiger partial charge is 0.373 e. The second-order valence-corrected chi connectivity index (χ2v) is 9.41. The summed E-state index contributed by atoms with van der Waals surface area (Å²) < 4.78 is 5.77. The molecule has 2 amide bonds. The number of nitrogens with zero attached hydrogens (tertiary/aromatic N) is 3. The van der Waals surface area contributed by atoms with Crippen LogP contribution in [0.5, 0.6) is 0 Å². The van der Waals surface area contributed by atoms with Gasteiger partial charge in [-0.25, -0.2) is 0 Å². The lowest BCUT2D eigenvalue weighted by molar-refractivity contribution is -0.146. The number of amides is 2. The van der Waals surface area contributed by atoms with Crippen LogP contribution in [0.25, 0.3) is 0 Å². The molecule has 0 bridgehead atoms. The van der Waals surface area contributed by atoms with Crippen molar-refractivity contribution in [2.75, 3.05) is 45.8 Å². The van der Waals surface area contributed by atoms with Crippen molar-refractivity contribution in [3.05, 3.63) is 0 Å². The Balaban J connectivity index is 1.29. The molecule has 1 aliphatic carbocycles. The van der Waals surface area contributed by atoms with Crippen LogP contribution < -0.4 is 0 Å². The predicted molar refractivity (Wildman–Crippen MR) is 103 cm³/mol. The molecule has 4 rings (SSSR count). The molecule has 1 spiro atoms. The van der Waals surface area contributed by atoms with E-state index < -0.39 is 0 Å². The number of hydrogen-bond donors (Lipinski definition) is 0. The number of carbonyl (C=O) groups excluding carboxylic acids is 2. The van der Waals surface area contributed by atoms with Crippen LogP contribution in [-0.2, 0) is 14.3 Å². The molecule has 6 heteroatoms. The standard InChI is InChI=1S/C21H35N3O3/c1-16-12-22(13-17(2)27-16)10-6-19(25)24-11-8-21(15-24)7-3-9-23(20(21)26)14-18-4-5-18/h16-18H,3-15H2,1-2H3/t16-,17+,21?. The lowest BCUT2D eigenvalue weighted by Crippen LogP contribution is -2.51. The molecule has 0 radical (unpaired) electrons. The van der Waals surface area contributed by atoms with Gasteiger partial charge in [0.15, 0.2) is 0 Å². The summed E-state index contributed by atoms with van der Waals surface area (Å²) in [5.74, 6) is 1.28. The normalized spacial score (nSPS) is 35.3. The maximum Gasteiger partial charge on any atom is 0.230 e. The molecule has 0 aromatic rings. The lowest BCUT2D eigenvalue weighted by atomic mass is 9.78. The monoisotopic (exact) mass is 377 g/mol. The Bertz CT molecular complexity index is 569. The van der Waals surface area contributed by atoms with Gasteiger partial charge in [0.2, 0.25) is 11.8 Å². The summed E-state index contributed by atoms with van der Waals surface area (Å²) in [7, 11) is 0. The fourth-order valence-corrected chi connectivity index (χ4v) is 5.28. The average Bonchev–Trinajstić information content (AvgIpc) is 3.34. The number of ether oxygens (including phenoxy) is 1. The van der Waals surface area contributed by atoms with E-state index >= 15 is 0 Å². The number of likely N-dealkylation sites (tertiary alicyclic amines) is 2. The molecule has 1 saturated carbocycles. The molecule has 152 valence electrons. The fraction of sp³-hybridized carbons (Fsp3) is 0.905. The highest BCUT2D eigenvalue weighted by Crippen LogP contribution is 2.41.